The Morgan fingerprint density at radius 3 is 2.52 bits per heavy atom. The van der Waals surface area contributed by atoms with E-state index in [1.165, 1.54) is 25.3 Å². The Morgan fingerprint density at radius 1 is 1.20 bits per heavy atom. The number of rotatable bonds is 6. The summed E-state index contributed by atoms with van der Waals surface area (Å²) in [4.78, 5) is 23.2. The number of hydrogen-bond donors (Lipinski definition) is 2. The lowest BCUT2D eigenvalue weighted by Gasteiger charge is -2.14. The summed E-state index contributed by atoms with van der Waals surface area (Å²) in [6.07, 6.45) is 0. The molecule has 7 heteroatoms. The highest BCUT2D eigenvalue weighted by atomic mass is 79.9. The molecule has 2 rings (SSSR count). The molecule has 0 unspecified atom stereocenters. The van der Waals surface area contributed by atoms with Gasteiger partial charge < -0.3 is 19.9 Å². The zero-order valence-corrected chi connectivity index (χ0v) is 15.6. The molecular formula is C18H18BrNO5. The van der Waals surface area contributed by atoms with Crippen molar-refractivity contribution in [2.24, 2.45) is 0 Å². The van der Waals surface area contributed by atoms with Crippen molar-refractivity contribution in [3.8, 4) is 11.5 Å². The minimum absolute atomic E-state index is 0.0501. The van der Waals surface area contributed by atoms with Gasteiger partial charge in [0.2, 0.25) is 0 Å². The summed E-state index contributed by atoms with van der Waals surface area (Å²) in [7, 11) is 1.44. The fourth-order valence-electron chi connectivity index (χ4n) is 2.35. The number of carbonyl (C=O) groups is 2. The number of carboxylic acids is 1. The topological polar surface area (TPSA) is 84.9 Å². The van der Waals surface area contributed by atoms with Gasteiger partial charge in [-0.2, -0.15) is 0 Å². The molecule has 0 heterocycles. The van der Waals surface area contributed by atoms with E-state index in [-0.39, 0.29) is 17.9 Å². The van der Waals surface area contributed by atoms with E-state index in [2.05, 4.69) is 21.2 Å². The SMILES string of the molecule is COc1ccc(C(=O)O)cc1NC(=O)COc1c(C)cc(C)cc1Br. The summed E-state index contributed by atoms with van der Waals surface area (Å²) in [5, 5.41) is 11.7. The van der Waals surface area contributed by atoms with Gasteiger partial charge in [0.25, 0.3) is 5.91 Å². The highest BCUT2D eigenvalue weighted by Crippen LogP contribution is 2.30. The maximum absolute atomic E-state index is 12.2. The lowest BCUT2D eigenvalue weighted by Crippen LogP contribution is -2.21. The molecule has 1 amide bonds. The molecule has 0 spiro atoms. The first-order chi connectivity index (χ1) is 11.8. The molecule has 0 saturated heterocycles. The van der Waals surface area contributed by atoms with Gasteiger partial charge in [-0.05, 0) is 65.2 Å². The molecule has 0 saturated carbocycles. The van der Waals surface area contributed by atoms with Crippen molar-refractivity contribution in [2.45, 2.75) is 13.8 Å². The van der Waals surface area contributed by atoms with Crippen LogP contribution >= 0.6 is 15.9 Å². The fourth-order valence-corrected chi connectivity index (χ4v) is 3.14. The Morgan fingerprint density at radius 2 is 1.92 bits per heavy atom. The average molecular weight is 408 g/mol. The van der Waals surface area contributed by atoms with E-state index in [9.17, 15) is 9.59 Å². The fraction of sp³-hybridized carbons (Fsp3) is 0.222. The number of carboxylic acid groups (broad SMARTS) is 1. The van der Waals surface area contributed by atoms with Crippen molar-refractivity contribution in [1.82, 2.24) is 0 Å². The van der Waals surface area contributed by atoms with Crippen LogP contribution < -0.4 is 14.8 Å². The maximum atomic E-state index is 12.2. The lowest BCUT2D eigenvalue weighted by atomic mass is 10.1. The minimum Gasteiger partial charge on any atom is -0.495 e. The number of amides is 1. The number of nitrogens with one attached hydrogen (secondary N) is 1. The molecule has 0 radical (unpaired) electrons. The molecule has 25 heavy (non-hydrogen) atoms. The lowest BCUT2D eigenvalue weighted by molar-refractivity contribution is -0.118. The quantitative estimate of drug-likeness (QED) is 0.760. The molecule has 0 bridgehead atoms. The number of anilines is 1. The van der Waals surface area contributed by atoms with Crippen molar-refractivity contribution >= 4 is 33.5 Å². The van der Waals surface area contributed by atoms with Gasteiger partial charge in [-0.15, -0.1) is 0 Å². The predicted octanol–water partition coefficient (Wildman–Crippen LogP) is 3.79. The summed E-state index contributed by atoms with van der Waals surface area (Å²) >= 11 is 3.42. The van der Waals surface area contributed by atoms with Gasteiger partial charge in [0.15, 0.2) is 6.61 Å². The zero-order chi connectivity index (χ0) is 18.6. The third-order valence-electron chi connectivity index (χ3n) is 3.44. The minimum atomic E-state index is -1.09. The third-order valence-corrected chi connectivity index (χ3v) is 4.03. The summed E-state index contributed by atoms with van der Waals surface area (Å²) in [5.41, 5.74) is 2.31. The molecular weight excluding hydrogens is 390 g/mol. The largest absolute Gasteiger partial charge is 0.495 e. The molecule has 132 valence electrons. The summed E-state index contributed by atoms with van der Waals surface area (Å²) in [6.45, 7) is 3.64. The Balaban J connectivity index is 2.11. The second kappa shape index (κ2) is 8.02. The van der Waals surface area contributed by atoms with Gasteiger partial charge in [-0.3, -0.25) is 4.79 Å². The van der Waals surface area contributed by atoms with Gasteiger partial charge in [0.1, 0.15) is 11.5 Å². The first-order valence-electron chi connectivity index (χ1n) is 7.42. The van der Waals surface area contributed by atoms with Crippen molar-refractivity contribution in [3.05, 3.63) is 51.5 Å². The third kappa shape index (κ3) is 4.73. The first kappa shape index (κ1) is 18.8. The van der Waals surface area contributed by atoms with E-state index in [4.69, 9.17) is 14.6 Å². The van der Waals surface area contributed by atoms with Gasteiger partial charge in [-0.1, -0.05) is 6.07 Å². The molecule has 2 aromatic carbocycles. The van der Waals surface area contributed by atoms with Crippen molar-refractivity contribution in [2.75, 3.05) is 19.0 Å². The first-order valence-corrected chi connectivity index (χ1v) is 8.22. The molecule has 0 aliphatic rings. The second-order valence-electron chi connectivity index (χ2n) is 5.45. The summed E-state index contributed by atoms with van der Waals surface area (Å²) in [6, 6.07) is 8.09. The number of aryl methyl sites for hydroxylation is 2. The number of aromatic carboxylic acids is 1. The van der Waals surface area contributed by atoms with Gasteiger partial charge >= 0.3 is 5.97 Å². The molecule has 0 aliphatic carbocycles. The maximum Gasteiger partial charge on any atom is 0.335 e. The Bertz CT molecular complexity index is 796. The van der Waals surface area contributed by atoms with Crippen LogP contribution in [-0.2, 0) is 4.79 Å². The normalized spacial score (nSPS) is 10.2. The second-order valence-corrected chi connectivity index (χ2v) is 6.30. The summed E-state index contributed by atoms with van der Waals surface area (Å²) in [5.74, 6) is -0.556. The van der Waals surface area contributed by atoms with E-state index >= 15 is 0 Å². The van der Waals surface area contributed by atoms with Crippen molar-refractivity contribution in [3.63, 3.8) is 0 Å². The standard InChI is InChI=1S/C18H18BrNO5/c1-10-6-11(2)17(13(19)7-10)25-9-16(21)20-14-8-12(18(22)23)4-5-15(14)24-3/h4-8H,9H2,1-3H3,(H,20,21)(H,22,23). The highest BCUT2D eigenvalue weighted by molar-refractivity contribution is 9.10. The predicted molar refractivity (Wildman–Crippen MR) is 97.7 cm³/mol. The van der Waals surface area contributed by atoms with Crippen LogP contribution in [0.25, 0.3) is 0 Å². The van der Waals surface area contributed by atoms with Crippen LogP contribution in [0.2, 0.25) is 0 Å². The number of carbonyl (C=O) groups excluding carboxylic acids is 1. The zero-order valence-electron chi connectivity index (χ0n) is 14.1. The Labute approximate surface area is 153 Å². The highest BCUT2D eigenvalue weighted by Gasteiger charge is 2.13. The number of hydrogen-bond acceptors (Lipinski definition) is 4. The Kier molecular flexibility index (Phi) is 6.03. The molecule has 0 aliphatic heterocycles. The van der Waals surface area contributed by atoms with Crippen molar-refractivity contribution in [1.29, 1.82) is 0 Å². The van der Waals surface area contributed by atoms with Crippen LogP contribution in [0.3, 0.4) is 0 Å². The van der Waals surface area contributed by atoms with E-state index in [0.29, 0.717) is 11.5 Å². The molecule has 0 fully saturated rings. The number of methoxy groups -OCH3 is 1. The van der Waals surface area contributed by atoms with E-state index < -0.39 is 11.9 Å². The monoisotopic (exact) mass is 407 g/mol. The van der Waals surface area contributed by atoms with Crippen LogP contribution in [0.5, 0.6) is 11.5 Å². The summed E-state index contributed by atoms with van der Waals surface area (Å²) < 4.78 is 11.5. The Hall–Kier alpha value is -2.54. The van der Waals surface area contributed by atoms with Crippen LogP contribution in [0.15, 0.2) is 34.8 Å². The van der Waals surface area contributed by atoms with Crippen LogP contribution in [0, 0.1) is 13.8 Å². The molecule has 2 N–H and O–H groups in total. The molecule has 2 aromatic rings. The average Bonchev–Trinajstić information content (AvgIpc) is 2.53. The molecule has 0 aromatic heterocycles. The van der Waals surface area contributed by atoms with Crippen LogP contribution in [-0.4, -0.2) is 30.7 Å². The molecule has 6 nitrogen and oxygen atoms in total. The van der Waals surface area contributed by atoms with Gasteiger partial charge in [0, 0.05) is 0 Å². The van der Waals surface area contributed by atoms with Gasteiger partial charge in [0.05, 0.1) is 22.8 Å². The van der Waals surface area contributed by atoms with E-state index in [1.54, 1.807) is 0 Å². The van der Waals surface area contributed by atoms with Gasteiger partial charge in [-0.25, -0.2) is 4.79 Å². The smallest absolute Gasteiger partial charge is 0.335 e. The van der Waals surface area contributed by atoms with Crippen molar-refractivity contribution < 1.29 is 24.2 Å². The van der Waals surface area contributed by atoms with E-state index in [0.717, 1.165) is 15.6 Å². The number of ether oxygens (including phenoxy) is 2. The molecule has 0 atom stereocenters. The number of halogens is 1. The van der Waals surface area contributed by atoms with E-state index in [1.807, 2.05) is 26.0 Å². The number of benzene rings is 2. The van der Waals surface area contributed by atoms with Crippen LogP contribution in [0.1, 0.15) is 21.5 Å². The van der Waals surface area contributed by atoms with Crippen LogP contribution in [0.4, 0.5) is 5.69 Å².